The van der Waals surface area contributed by atoms with Gasteiger partial charge in [0.2, 0.25) is 0 Å². The number of aryl methyl sites for hydroxylation is 1. The topological polar surface area (TPSA) is 26.0 Å². The van der Waals surface area contributed by atoms with E-state index in [0.29, 0.717) is 18.5 Å². The molecule has 0 aliphatic rings. The highest BCUT2D eigenvalue weighted by atomic mass is 19.2. The van der Waals surface area contributed by atoms with Gasteiger partial charge in [0.15, 0.2) is 11.6 Å². The average molecular weight is 171 g/mol. The maximum absolute atomic E-state index is 13.0. The summed E-state index contributed by atoms with van der Waals surface area (Å²) in [5.74, 6) is -1.57. The fraction of sp³-hybridized carbons (Fsp3) is 0.333. The van der Waals surface area contributed by atoms with Crippen LogP contribution in [0.5, 0.6) is 0 Å². The number of hydrogen-bond acceptors (Lipinski definition) is 1. The Kier molecular flexibility index (Phi) is 2.76. The maximum Gasteiger partial charge on any atom is 0.162 e. The Balaban J connectivity index is 3.14. The van der Waals surface area contributed by atoms with Crippen molar-refractivity contribution in [2.24, 2.45) is 5.73 Å². The SMILES string of the molecule is Cc1ccc(F)c(F)c1CCN. The van der Waals surface area contributed by atoms with Gasteiger partial charge < -0.3 is 5.73 Å². The molecule has 0 atom stereocenters. The summed E-state index contributed by atoms with van der Waals surface area (Å²) in [5.41, 5.74) is 6.40. The van der Waals surface area contributed by atoms with Crippen molar-refractivity contribution in [3.63, 3.8) is 0 Å². The van der Waals surface area contributed by atoms with E-state index in [1.165, 1.54) is 0 Å². The van der Waals surface area contributed by atoms with Crippen LogP contribution < -0.4 is 5.73 Å². The van der Waals surface area contributed by atoms with Crippen molar-refractivity contribution < 1.29 is 8.78 Å². The van der Waals surface area contributed by atoms with Gasteiger partial charge in [-0.2, -0.15) is 0 Å². The monoisotopic (exact) mass is 171 g/mol. The molecule has 0 aliphatic heterocycles. The number of rotatable bonds is 2. The van der Waals surface area contributed by atoms with Gasteiger partial charge in [-0.3, -0.25) is 0 Å². The molecule has 1 rings (SSSR count). The van der Waals surface area contributed by atoms with Gasteiger partial charge in [0.1, 0.15) is 0 Å². The van der Waals surface area contributed by atoms with Crippen molar-refractivity contribution in [3.8, 4) is 0 Å². The summed E-state index contributed by atoms with van der Waals surface area (Å²) in [4.78, 5) is 0. The molecule has 0 radical (unpaired) electrons. The van der Waals surface area contributed by atoms with E-state index in [1.54, 1.807) is 13.0 Å². The molecule has 2 N–H and O–H groups in total. The van der Waals surface area contributed by atoms with Crippen molar-refractivity contribution in [1.29, 1.82) is 0 Å². The van der Waals surface area contributed by atoms with E-state index in [1.807, 2.05) is 0 Å². The number of halogens is 2. The summed E-state index contributed by atoms with van der Waals surface area (Å²) in [5, 5.41) is 0. The smallest absolute Gasteiger partial charge is 0.162 e. The minimum absolute atomic E-state index is 0.335. The molecule has 12 heavy (non-hydrogen) atoms. The van der Waals surface area contributed by atoms with Crippen LogP contribution in [0.25, 0.3) is 0 Å². The zero-order valence-corrected chi connectivity index (χ0v) is 6.90. The van der Waals surface area contributed by atoms with Gasteiger partial charge >= 0.3 is 0 Å². The lowest BCUT2D eigenvalue weighted by atomic mass is 10.1. The van der Waals surface area contributed by atoms with Gasteiger partial charge in [-0.25, -0.2) is 8.78 Å². The van der Waals surface area contributed by atoms with Crippen LogP contribution in [-0.2, 0) is 6.42 Å². The molecule has 1 nitrogen and oxygen atoms in total. The van der Waals surface area contributed by atoms with Gasteiger partial charge in [0, 0.05) is 0 Å². The van der Waals surface area contributed by atoms with Gasteiger partial charge in [-0.15, -0.1) is 0 Å². The lowest BCUT2D eigenvalue weighted by molar-refractivity contribution is 0.497. The van der Waals surface area contributed by atoms with Gasteiger partial charge in [-0.05, 0) is 37.1 Å². The minimum Gasteiger partial charge on any atom is -0.330 e. The Labute approximate surface area is 70.2 Å². The quantitative estimate of drug-likeness (QED) is 0.721. The third-order valence-corrected chi connectivity index (χ3v) is 1.82. The molecule has 1 aromatic carbocycles. The van der Waals surface area contributed by atoms with E-state index in [4.69, 9.17) is 5.73 Å². The van der Waals surface area contributed by atoms with E-state index in [9.17, 15) is 8.78 Å². The zero-order valence-electron chi connectivity index (χ0n) is 6.90. The highest BCUT2D eigenvalue weighted by Crippen LogP contribution is 2.16. The lowest BCUT2D eigenvalue weighted by Crippen LogP contribution is -2.07. The molecule has 0 bridgehead atoms. The predicted octanol–water partition coefficient (Wildman–Crippen LogP) is 1.77. The zero-order chi connectivity index (χ0) is 9.14. The summed E-state index contributed by atoms with van der Waals surface area (Å²) in [6.45, 7) is 2.08. The first-order valence-electron chi connectivity index (χ1n) is 3.80. The number of benzene rings is 1. The number of hydrogen-bond donors (Lipinski definition) is 1. The van der Waals surface area contributed by atoms with E-state index in [0.717, 1.165) is 11.6 Å². The minimum atomic E-state index is -0.802. The fourth-order valence-electron chi connectivity index (χ4n) is 1.14. The largest absolute Gasteiger partial charge is 0.330 e. The van der Waals surface area contributed by atoms with Gasteiger partial charge in [0.25, 0.3) is 0 Å². The fourth-order valence-corrected chi connectivity index (χ4v) is 1.14. The van der Waals surface area contributed by atoms with Crippen LogP contribution in [0.3, 0.4) is 0 Å². The lowest BCUT2D eigenvalue weighted by Gasteiger charge is -2.05. The highest BCUT2D eigenvalue weighted by Gasteiger charge is 2.09. The van der Waals surface area contributed by atoms with Crippen molar-refractivity contribution >= 4 is 0 Å². The second-order valence-electron chi connectivity index (χ2n) is 2.70. The Hall–Kier alpha value is -0.960. The van der Waals surface area contributed by atoms with Crippen LogP contribution in [0.1, 0.15) is 11.1 Å². The first-order valence-corrected chi connectivity index (χ1v) is 3.80. The van der Waals surface area contributed by atoms with Crippen molar-refractivity contribution in [2.75, 3.05) is 6.54 Å². The van der Waals surface area contributed by atoms with E-state index in [2.05, 4.69) is 0 Å². The molecule has 0 saturated heterocycles. The predicted molar refractivity (Wildman–Crippen MR) is 43.9 cm³/mol. The van der Waals surface area contributed by atoms with Crippen LogP contribution in [0, 0.1) is 18.6 Å². The third-order valence-electron chi connectivity index (χ3n) is 1.82. The highest BCUT2D eigenvalue weighted by molar-refractivity contribution is 5.28. The van der Waals surface area contributed by atoms with Crippen molar-refractivity contribution in [3.05, 3.63) is 34.9 Å². The third kappa shape index (κ3) is 1.61. The summed E-state index contributed by atoms with van der Waals surface area (Å²) < 4.78 is 25.7. The van der Waals surface area contributed by atoms with Crippen LogP contribution >= 0.6 is 0 Å². The molecule has 0 spiro atoms. The van der Waals surface area contributed by atoms with E-state index < -0.39 is 11.6 Å². The first kappa shape index (κ1) is 9.13. The standard InChI is InChI=1S/C9H11F2N/c1-6-2-3-8(10)9(11)7(6)4-5-12/h2-3H,4-5,12H2,1H3. The average Bonchev–Trinajstić information content (AvgIpc) is 2.06. The van der Waals surface area contributed by atoms with Crippen LogP contribution in [0.4, 0.5) is 8.78 Å². The van der Waals surface area contributed by atoms with Crippen LogP contribution in [0.15, 0.2) is 12.1 Å². The normalized spacial score (nSPS) is 10.3. The molecular formula is C9H11F2N. The van der Waals surface area contributed by atoms with E-state index >= 15 is 0 Å². The molecule has 66 valence electrons. The first-order chi connectivity index (χ1) is 5.66. The van der Waals surface area contributed by atoms with Gasteiger partial charge in [0.05, 0.1) is 0 Å². The van der Waals surface area contributed by atoms with E-state index in [-0.39, 0.29) is 0 Å². The molecule has 0 unspecified atom stereocenters. The maximum atomic E-state index is 13.0. The number of nitrogens with two attached hydrogens (primary N) is 1. The molecule has 0 amide bonds. The molecule has 0 fully saturated rings. The molecule has 0 aromatic heterocycles. The van der Waals surface area contributed by atoms with Crippen molar-refractivity contribution in [1.82, 2.24) is 0 Å². The Morgan fingerprint density at radius 3 is 2.58 bits per heavy atom. The molecule has 1 aromatic rings. The van der Waals surface area contributed by atoms with Gasteiger partial charge in [-0.1, -0.05) is 6.07 Å². The van der Waals surface area contributed by atoms with Crippen LogP contribution in [-0.4, -0.2) is 6.54 Å². The second kappa shape index (κ2) is 3.63. The molecule has 3 heteroatoms. The summed E-state index contributed by atoms with van der Waals surface area (Å²) in [7, 11) is 0. The molecular weight excluding hydrogens is 160 g/mol. The van der Waals surface area contributed by atoms with Crippen LogP contribution in [0.2, 0.25) is 0 Å². The summed E-state index contributed by atoms with van der Waals surface area (Å²) in [6, 6.07) is 2.69. The molecule has 0 heterocycles. The molecule has 0 saturated carbocycles. The second-order valence-corrected chi connectivity index (χ2v) is 2.70. The Morgan fingerprint density at radius 2 is 2.00 bits per heavy atom. The summed E-state index contributed by atoms with van der Waals surface area (Å²) in [6.07, 6.45) is 0.384. The summed E-state index contributed by atoms with van der Waals surface area (Å²) >= 11 is 0. The Morgan fingerprint density at radius 1 is 1.33 bits per heavy atom. The Bertz CT molecular complexity index is 284. The molecule has 0 aliphatic carbocycles. The van der Waals surface area contributed by atoms with Crippen molar-refractivity contribution in [2.45, 2.75) is 13.3 Å².